The van der Waals surface area contributed by atoms with Crippen LogP contribution in [0.2, 0.25) is 0 Å². The summed E-state index contributed by atoms with van der Waals surface area (Å²) in [5.41, 5.74) is 0. The molecule has 1 aromatic heterocycles. The summed E-state index contributed by atoms with van der Waals surface area (Å²) >= 11 is 20.0. The van der Waals surface area contributed by atoms with Crippen LogP contribution in [0.25, 0.3) is 10.8 Å². The molecule has 2 aromatic rings. The molecule has 0 fully saturated rings. The highest BCUT2D eigenvalue weighted by Gasteiger charge is 2.26. The Hall–Kier alpha value is -0.260. The molecular weight excluding hydrogens is 412 g/mol. The largest absolute Gasteiger partial charge is 1.00 e. The molecule has 108 valence electrons. The molecule has 2 rings (SSSR count). The molecule has 0 unspecified atom stereocenters. The molecule has 0 bridgehead atoms. The van der Waals surface area contributed by atoms with Gasteiger partial charge in [0.2, 0.25) is 3.79 Å². The number of pyridine rings is 1. The lowest BCUT2D eigenvalue weighted by molar-refractivity contribution is -0.585. The van der Waals surface area contributed by atoms with Gasteiger partial charge in [-0.05, 0) is 22.0 Å². The van der Waals surface area contributed by atoms with E-state index in [1.165, 1.54) is 4.57 Å². The number of nitrogens with zero attached hydrogens (tertiary/aromatic N) is 1. The van der Waals surface area contributed by atoms with Crippen LogP contribution in [0.15, 0.2) is 41.1 Å². The van der Waals surface area contributed by atoms with Crippen LogP contribution in [-0.2, 0) is 4.74 Å². The van der Waals surface area contributed by atoms with E-state index < -0.39 is 9.89 Å². The van der Waals surface area contributed by atoms with E-state index in [1.54, 1.807) is 12.4 Å². The minimum absolute atomic E-state index is 0. The van der Waals surface area contributed by atoms with E-state index in [4.69, 9.17) is 39.5 Å². The van der Waals surface area contributed by atoms with Crippen molar-refractivity contribution < 1.29 is 26.5 Å². The lowest BCUT2D eigenvalue weighted by atomic mass is 10.2. The summed E-state index contributed by atoms with van der Waals surface area (Å²) in [4.78, 5) is 11.8. The smallest absolute Gasteiger partial charge is 0.602 e. The zero-order valence-electron chi connectivity index (χ0n) is 9.82. The Bertz CT molecular complexity index is 630. The maximum absolute atomic E-state index is 11.8. The molecule has 0 aliphatic carbocycles. The Morgan fingerprint density at radius 1 is 1.25 bits per heavy atom. The van der Waals surface area contributed by atoms with Crippen LogP contribution < -0.4 is 17.0 Å². The molecule has 0 spiro atoms. The summed E-state index contributed by atoms with van der Waals surface area (Å²) in [5.74, 6) is 0. The fourth-order valence-corrected chi connectivity index (χ4v) is 2.27. The summed E-state index contributed by atoms with van der Waals surface area (Å²) in [6.45, 7) is -0.312. The Labute approximate surface area is 145 Å². The quantitative estimate of drug-likeness (QED) is 0.514. The molecule has 0 aliphatic rings. The van der Waals surface area contributed by atoms with Crippen molar-refractivity contribution >= 4 is 67.6 Å². The fraction of sp³-hybridized carbons (Fsp3) is 0.167. The second kappa shape index (κ2) is 7.14. The van der Waals surface area contributed by atoms with Crippen LogP contribution in [0.4, 0.5) is 4.79 Å². The highest BCUT2D eigenvalue weighted by atomic mass is 79.9. The van der Waals surface area contributed by atoms with Gasteiger partial charge in [-0.1, -0.05) is 57.6 Å². The van der Waals surface area contributed by atoms with Crippen LogP contribution in [0.5, 0.6) is 0 Å². The number of ether oxygens (including phenoxy) is 1. The molecule has 20 heavy (non-hydrogen) atoms. The highest BCUT2D eigenvalue weighted by molar-refractivity contribution is 9.10. The van der Waals surface area contributed by atoms with Crippen molar-refractivity contribution in [2.75, 3.05) is 6.61 Å². The number of hydrogen-bond acceptors (Lipinski definition) is 2. The van der Waals surface area contributed by atoms with Gasteiger partial charge in [0.05, 0.1) is 4.47 Å². The first kappa shape index (κ1) is 17.8. The minimum Gasteiger partial charge on any atom is -1.00 e. The van der Waals surface area contributed by atoms with E-state index >= 15 is 0 Å². The molecular formula is C12H8BrCl4NO2. The van der Waals surface area contributed by atoms with Gasteiger partial charge >= 0.3 is 6.09 Å². The monoisotopic (exact) mass is 417 g/mol. The van der Waals surface area contributed by atoms with E-state index in [2.05, 4.69) is 15.9 Å². The zero-order chi connectivity index (χ0) is 14.0. The Kier molecular flexibility index (Phi) is 6.35. The molecule has 0 saturated heterocycles. The SMILES string of the molecule is O=C(OCC(Cl)(Cl)Cl)[n+]1cc(Br)c2ccccc2c1.[Cl-]. The van der Waals surface area contributed by atoms with Gasteiger partial charge in [-0.3, -0.25) is 0 Å². The maximum atomic E-state index is 11.8. The minimum atomic E-state index is -1.62. The van der Waals surface area contributed by atoms with E-state index in [9.17, 15) is 4.79 Å². The van der Waals surface area contributed by atoms with Gasteiger partial charge in [-0.15, -0.1) is 0 Å². The van der Waals surface area contributed by atoms with E-state index in [0.29, 0.717) is 0 Å². The first-order valence-electron chi connectivity index (χ1n) is 5.20. The summed E-state index contributed by atoms with van der Waals surface area (Å²) in [6, 6.07) is 7.62. The maximum Gasteiger partial charge on any atom is 0.602 e. The Morgan fingerprint density at radius 3 is 2.55 bits per heavy atom. The van der Waals surface area contributed by atoms with Gasteiger partial charge in [0, 0.05) is 10.8 Å². The third-order valence-electron chi connectivity index (χ3n) is 2.32. The predicted molar refractivity (Wildman–Crippen MR) is 78.9 cm³/mol. The van der Waals surface area contributed by atoms with E-state index in [0.717, 1.165) is 15.2 Å². The van der Waals surface area contributed by atoms with Gasteiger partial charge in [-0.25, -0.2) is 0 Å². The first-order chi connectivity index (χ1) is 8.87. The number of benzene rings is 1. The number of carbonyl (C=O) groups excluding carboxylic acids is 1. The van der Waals surface area contributed by atoms with Gasteiger partial charge in [0.25, 0.3) is 0 Å². The van der Waals surface area contributed by atoms with Crippen molar-refractivity contribution in [3.05, 3.63) is 41.1 Å². The highest BCUT2D eigenvalue weighted by Crippen LogP contribution is 2.26. The molecule has 1 heterocycles. The number of hydrogen-bond donors (Lipinski definition) is 0. The second-order valence-corrected chi connectivity index (χ2v) is 7.14. The fourth-order valence-electron chi connectivity index (χ4n) is 1.53. The standard InChI is InChI=1S/C12H8BrCl3NO2.ClH/c13-10-6-17(11(18)19-7-12(14,15)16)5-8-3-1-2-4-9(8)10;/h1-6H,7H2;1H/q+1;/p-1. The summed E-state index contributed by atoms with van der Waals surface area (Å²) < 4.78 is 5.35. The van der Waals surface area contributed by atoms with E-state index in [-0.39, 0.29) is 19.0 Å². The number of halogens is 5. The van der Waals surface area contributed by atoms with Crippen LogP contribution in [0, 0.1) is 0 Å². The van der Waals surface area contributed by atoms with Crippen LogP contribution in [0.3, 0.4) is 0 Å². The molecule has 1 aromatic carbocycles. The normalized spacial score (nSPS) is 11.0. The van der Waals surface area contributed by atoms with Gasteiger partial charge in [0.15, 0.2) is 12.4 Å². The summed E-state index contributed by atoms with van der Waals surface area (Å²) in [6.07, 6.45) is 2.64. The number of rotatable bonds is 1. The molecule has 0 atom stereocenters. The number of aromatic nitrogens is 1. The van der Waals surface area contributed by atoms with Gasteiger partial charge in [-0.2, -0.15) is 4.79 Å². The van der Waals surface area contributed by atoms with Crippen molar-refractivity contribution in [2.24, 2.45) is 0 Å². The molecule has 8 heteroatoms. The van der Waals surface area contributed by atoms with Gasteiger partial charge in [0.1, 0.15) is 6.61 Å². The molecule has 3 nitrogen and oxygen atoms in total. The van der Waals surface area contributed by atoms with Crippen molar-refractivity contribution in [1.29, 1.82) is 0 Å². The van der Waals surface area contributed by atoms with Crippen molar-refractivity contribution in [1.82, 2.24) is 0 Å². The molecule has 0 N–H and O–H groups in total. The topological polar surface area (TPSA) is 30.2 Å². The molecule has 0 aliphatic heterocycles. The van der Waals surface area contributed by atoms with Crippen LogP contribution >= 0.6 is 50.7 Å². The molecule has 0 saturated carbocycles. The lowest BCUT2D eigenvalue weighted by Crippen LogP contribution is -3.00. The second-order valence-electron chi connectivity index (χ2n) is 3.77. The lowest BCUT2D eigenvalue weighted by Gasteiger charge is -2.08. The van der Waals surface area contributed by atoms with Crippen LogP contribution in [-0.4, -0.2) is 16.5 Å². The summed E-state index contributed by atoms with van der Waals surface area (Å²) in [7, 11) is 0. The van der Waals surface area contributed by atoms with Crippen molar-refractivity contribution in [3.8, 4) is 0 Å². The first-order valence-corrected chi connectivity index (χ1v) is 7.13. The van der Waals surface area contributed by atoms with Crippen LogP contribution in [0.1, 0.15) is 0 Å². The molecule has 0 radical (unpaired) electrons. The Morgan fingerprint density at radius 2 is 1.90 bits per heavy atom. The number of fused-ring (bicyclic) bond motifs is 1. The van der Waals surface area contributed by atoms with Crippen molar-refractivity contribution in [3.63, 3.8) is 0 Å². The zero-order valence-corrected chi connectivity index (χ0v) is 14.4. The van der Waals surface area contributed by atoms with Crippen molar-refractivity contribution in [2.45, 2.75) is 3.79 Å². The summed E-state index contributed by atoms with van der Waals surface area (Å²) in [5, 5.41) is 1.88. The van der Waals surface area contributed by atoms with E-state index in [1.807, 2.05) is 24.3 Å². The predicted octanol–water partition coefficient (Wildman–Crippen LogP) is 1.25. The average molecular weight is 420 g/mol. The Balaban J connectivity index is 0.00000200. The van der Waals surface area contributed by atoms with Gasteiger partial charge < -0.3 is 17.1 Å². The third-order valence-corrected chi connectivity index (χ3v) is 3.28. The third kappa shape index (κ3) is 4.64. The number of carbonyl (C=O) groups is 1. The number of alkyl halides is 3. The molecule has 0 amide bonds. The average Bonchev–Trinajstić information content (AvgIpc) is 2.35.